The van der Waals surface area contributed by atoms with Gasteiger partial charge in [-0.2, -0.15) is 0 Å². The summed E-state index contributed by atoms with van der Waals surface area (Å²) in [6.45, 7) is 1.88. The van der Waals surface area contributed by atoms with Gasteiger partial charge in [0, 0.05) is 16.4 Å². The summed E-state index contributed by atoms with van der Waals surface area (Å²) in [5, 5.41) is 2.81. The van der Waals surface area contributed by atoms with Gasteiger partial charge in [0.2, 0.25) is 5.91 Å². The van der Waals surface area contributed by atoms with E-state index in [9.17, 15) is 4.79 Å². The standard InChI is InChI=1S/C11H13BrClNO/c1-8(7-13)14-11(15)6-9-3-2-4-10(12)5-9/h2-5,8H,6-7H2,1H3,(H,14,15). The van der Waals surface area contributed by atoms with E-state index in [1.807, 2.05) is 31.2 Å². The van der Waals surface area contributed by atoms with Crippen LogP contribution in [0.3, 0.4) is 0 Å². The Bertz CT molecular complexity index is 343. The minimum Gasteiger partial charge on any atom is -0.352 e. The fourth-order valence-electron chi connectivity index (χ4n) is 1.20. The van der Waals surface area contributed by atoms with Gasteiger partial charge in [0.1, 0.15) is 0 Å². The number of benzene rings is 1. The molecule has 0 bridgehead atoms. The molecule has 0 saturated heterocycles. The molecule has 0 heterocycles. The van der Waals surface area contributed by atoms with Crippen molar-refractivity contribution in [3.63, 3.8) is 0 Å². The lowest BCUT2D eigenvalue weighted by molar-refractivity contribution is -0.120. The van der Waals surface area contributed by atoms with Gasteiger partial charge in [0.05, 0.1) is 6.42 Å². The average Bonchev–Trinajstić information content (AvgIpc) is 2.17. The quantitative estimate of drug-likeness (QED) is 0.849. The molecule has 0 radical (unpaired) electrons. The summed E-state index contributed by atoms with van der Waals surface area (Å²) < 4.78 is 0.984. The van der Waals surface area contributed by atoms with Gasteiger partial charge in [-0.15, -0.1) is 11.6 Å². The van der Waals surface area contributed by atoms with Crippen molar-refractivity contribution < 1.29 is 4.79 Å². The fraction of sp³-hybridized carbons (Fsp3) is 0.364. The van der Waals surface area contributed by atoms with Gasteiger partial charge in [-0.05, 0) is 24.6 Å². The van der Waals surface area contributed by atoms with Crippen molar-refractivity contribution in [1.29, 1.82) is 0 Å². The van der Waals surface area contributed by atoms with E-state index in [0.717, 1.165) is 10.0 Å². The zero-order valence-corrected chi connectivity index (χ0v) is 10.8. The highest BCUT2D eigenvalue weighted by molar-refractivity contribution is 9.10. The molecule has 82 valence electrons. The maximum atomic E-state index is 11.5. The zero-order chi connectivity index (χ0) is 11.3. The van der Waals surface area contributed by atoms with Crippen LogP contribution in [0.5, 0.6) is 0 Å². The Kier molecular flexibility index (Phi) is 5.12. The van der Waals surface area contributed by atoms with Gasteiger partial charge in [-0.1, -0.05) is 28.1 Å². The van der Waals surface area contributed by atoms with E-state index in [2.05, 4.69) is 21.2 Å². The summed E-state index contributed by atoms with van der Waals surface area (Å²) in [5.41, 5.74) is 0.989. The number of halogens is 2. The third-order valence-corrected chi connectivity index (χ3v) is 2.85. The first-order valence-electron chi connectivity index (χ1n) is 4.71. The highest BCUT2D eigenvalue weighted by Crippen LogP contribution is 2.11. The van der Waals surface area contributed by atoms with E-state index in [1.165, 1.54) is 0 Å². The van der Waals surface area contributed by atoms with E-state index >= 15 is 0 Å². The zero-order valence-electron chi connectivity index (χ0n) is 8.47. The normalized spacial score (nSPS) is 12.2. The molecule has 4 heteroatoms. The maximum Gasteiger partial charge on any atom is 0.224 e. The Labute approximate surface area is 103 Å². The predicted molar refractivity (Wildman–Crippen MR) is 66.2 cm³/mol. The van der Waals surface area contributed by atoms with Crippen molar-refractivity contribution in [3.05, 3.63) is 34.3 Å². The number of carbonyl (C=O) groups excluding carboxylic acids is 1. The first-order valence-corrected chi connectivity index (χ1v) is 6.04. The molecule has 0 saturated carbocycles. The Hall–Kier alpha value is -0.540. The molecule has 0 aromatic heterocycles. The Morgan fingerprint density at radius 1 is 1.60 bits per heavy atom. The van der Waals surface area contributed by atoms with Crippen LogP contribution in [-0.4, -0.2) is 17.8 Å². The van der Waals surface area contributed by atoms with Gasteiger partial charge in [-0.3, -0.25) is 4.79 Å². The lowest BCUT2D eigenvalue weighted by Crippen LogP contribution is -2.34. The molecule has 1 aromatic rings. The second-order valence-corrected chi connectivity index (χ2v) is 4.65. The van der Waals surface area contributed by atoms with Crippen LogP contribution in [0.4, 0.5) is 0 Å². The third-order valence-electron chi connectivity index (χ3n) is 1.89. The fourth-order valence-corrected chi connectivity index (χ4v) is 1.72. The number of hydrogen-bond acceptors (Lipinski definition) is 1. The van der Waals surface area contributed by atoms with Crippen LogP contribution < -0.4 is 5.32 Å². The molecular weight excluding hydrogens is 277 g/mol. The minimum atomic E-state index is 0.00116. The number of nitrogens with one attached hydrogen (secondary N) is 1. The maximum absolute atomic E-state index is 11.5. The molecule has 2 nitrogen and oxygen atoms in total. The monoisotopic (exact) mass is 289 g/mol. The number of hydrogen-bond donors (Lipinski definition) is 1. The van der Waals surface area contributed by atoms with Crippen LogP contribution in [0.15, 0.2) is 28.7 Å². The molecule has 0 aliphatic heterocycles. The number of carbonyl (C=O) groups is 1. The summed E-state index contributed by atoms with van der Waals surface area (Å²) in [7, 11) is 0. The lowest BCUT2D eigenvalue weighted by Gasteiger charge is -2.10. The second-order valence-electron chi connectivity index (χ2n) is 3.43. The molecular formula is C11H13BrClNO. The van der Waals surface area contributed by atoms with Crippen LogP contribution in [0.25, 0.3) is 0 Å². The molecule has 1 atom stereocenters. The number of alkyl halides is 1. The van der Waals surface area contributed by atoms with Gasteiger partial charge in [0.25, 0.3) is 0 Å². The highest BCUT2D eigenvalue weighted by atomic mass is 79.9. The molecule has 1 unspecified atom stereocenters. The minimum absolute atomic E-state index is 0.00116. The smallest absolute Gasteiger partial charge is 0.224 e. The molecule has 1 aromatic carbocycles. The highest BCUT2D eigenvalue weighted by Gasteiger charge is 2.06. The first kappa shape index (κ1) is 12.5. The van der Waals surface area contributed by atoms with Crippen molar-refractivity contribution >= 4 is 33.4 Å². The number of amides is 1. The Morgan fingerprint density at radius 3 is 2.93 bits per heavy atom. The van der Waals surface area contributed by atoms with Gasteiger partial charge in [-0.25, -0.2) is 0 Å². The van der Waals surface area contributed by atoms with Crippen LogP contribution in [0.2, 0.25) is 0 Å². The largest absolute Gasteiger partial charge is 0.352 e. The molecule has 1 rings (SSSR count). The molecule has 1 N–H and O–H groups in total. The van der Waals surface area contributed by atoms with Crippen LogP contribution in [-0.2, 0) is 11.2 Å². The predicted octanol–water partition coefficient (Wildman–Crippen LogP) is 2.74. The van der Waals surface area contributed by atoms with E-state index in [1.54, 1.807) is 0 Å². The third kappa shape index (κ3) is 4.67. The van der Waals surface area contributed by atoms with Crippen LogP contribution in [0, 0.1) is 0 Å². The van der Waals surface area contributed by atoms with Gasteiger partial charge < -0.3 is 5.32 Å². The van der Waals surface area contributed by atoms with E-state index < -0.39 is 0 Å². The molecule has 0 spiro atoms. The van der Waals surface area contributed by atoms with Crippen molar-refractivity contribution in [2.45, 2.75) is 19.4 Å². The summed E-state index contributed by atoms with van der Waals surface area (Å²) in [4.78, 5) is 11.5. The van der Waals surface area contributed by atoms with E-state index in [4.69, 9.17) is 11.6 Å². The molecule has 1 amide bonds. The van der Waals surface area contributed by atoms with Crippen molar-refractivity contribution in [1.82, 2.24) is 5.32 Å². The van der Waals surface area contributed by atoms with Crippen LogP contribution >= 0.6 is 27.5 Å². The Balaban J connectivity index is 2.51. The molecule has 0 fully saturated rings. The topological polar surface area (TPSA) is 29.1 Å². The van der Waals surface area contributed by atoms with Crippen molar-refractivity contribution in [2.24, 2.45) is 0 Å². The summed E-state index contributed by atoms with van der Waals surface area (Å²) in [5.74, 6) is 0.436. The second kappa shape index (κ2) is 6.13. The SMILES string of the molecule is CC(CCl)NC(=O)Cc1cccc(Br)c1. The molecule has 0 aliphatic rings. The number of rotatable bonds is 4. The van der Waals surface area contributed by atoms with E-state index in [-0.39, 0.29) is 11.9 Å². The average molecular weight is 291 g/mol. The van der Waals surface area contributed by atoms with Crippen LogP contribution in [0.1, 0.15) is 12.5 Å². The van der Waals surface area contributed by atoms with Gasteiger partial charge in [0.15, 0.2) is 0 Å². The van der Waals surface area contributed by atoms with Crippen molar-refractivity contribution in [2.75, 3.05) is 5.88 Å². The van der Waals surface area contributed by atoms with Gasteiger partial charge >= 0.3 is 0 Å². The first-order chi connectivity index (χ1) is 7.11. The summed E-state index contributed by atoms with van der Waals surface area (Å²) in [6.07, 6.45) is 0.390. The lowest BCUT2D eigenvalue weighted by atomic mass is 10.1. The summed E-state index contributed by atoms with van der Waals surface area (Å²) >= 11 is 8.97. The molecule has 0 aliphatic carbocycles. The summed E-state index contributed by atoms with van der Waals surface area (Å²) in [6, 6.07) is 7.73. The van der Waals surface area contributed by atoms with E-state index in [0.29, 0.717) is 12.3 Å². The Morgan fingerprint density at radius 2 is 2.33 bits per heavy atom. The molecule has 15 heavy (non-hydrogen) atoms. The van der Waals surface area contributed by atoms with Crippen molar-refractivity contribution in [3.8, 4) is 0 Å².